The van der Waals surface area contributed by atoms with Crippen LogP contribution in [0.4, 0.5) is 14.7 Å². The van der Waals surface area contributed by atoms with Crippen LogP contribution in [0.15, 0.2) is 42.7 Å². The second kappa shape index (κ2) is 9.74. The fourth-order valence-corrected chi connectivity index (χ4v) is 4.37. The molecule has 1 aromatic heterocycles. The van der Waals surface area contributed by atoms with E-state index in [1.165, 1.54) is 12.1 Å². The van der Waals surface area contributed by atoms with E-state index in [9.17, 15) is 13.6 Å². The number of methoxy groups -OCH3 is 1. The van der Waals surface area contributed by atoms with E-state index in [0.29, 0.717) is 51.6 Å². The molecule has 2 fully saturated rings. The molecule has 172 valence electrons. The Morgan fingerprint density at radius 3 is 2.62 bits per heavy atom. The highest BCUT2D eigenvalue weighted by Crippen LogP contribution is 2.34. The largest absolute Gasteiger partial charge is 0.434 e. The third-order valence-corrected chi connectivity index (χ3v) is 5.80. The molecule has 2 aromatic rings. The molecule has 2 aliphatic heterocycles. The van der Waals surface area contributed by atoms with Crippen LogP contribution in [0.3, 0.4) is 0 Å². The minimum Gasteiger partial charge on any atom is -0.434 e. The van der Waals surface area contributed by atoms with E-state index in [2.05, 4.69) is 19.6 Å². The number of halogens is 2. The van der Waals surface area contributed by atoms with Gasteiger partial charge in [-0.2, -0.15) is 8.78 Å². The molecule has 0 aliphatic carbocycles. The lowest BCUT2D eigenvalue weighted by Gasteiger charge is -2.49. The maximum Gasteiger partial charge on any atom is 0.387 e. The predicted octanol–water partition coefficient (Wildman–Crippen LogP) is 2.60. The van der Waals surface area contributed by atoms with Crippen LogP contribution in [0.25, 0.3) is 0 Å². The average Bonchev–Trinajstić information content (AvgIpc) is 2.80. The van der Waals surface area contributed by atoms with Crippen LogP contribution in [-0.2, 0) is 9.47 Å². The molecule has 8 nitrogen and oxygen atoms in total. The van der Waals surface area contributed by atoms with Crippen molar-refractivity contribution in [1.29, 1.82) is 0 Å². The van der Waals surface area contributed by atoms with Crippen molar-refractivity contribution in [2.45, 2.75) is 31.2 Å². The second-order valence-electron chi connectivity index (χ2n) is 7.97. The normalized spacial score (nSPS) is 20.6. The van der Waals surface area contributed by atoms with Gasteiger partial charge in [-0.05, 0) is 31.0 Å². The van der Waals surface area contributed by atoms with Gasteiger partial charge in [0.05, 0.1) is 30.4 Å². The summed E-state index contributed by atoms with van der Waals surface area (Å²) in [5.41, 5.74) is -0.346. The van der Waals surface area contributed by atoms with Gasteiger partial charge in [-0.25, -0.2) is 9.97 Å². The number of piperidine rings is 1. The van der Waals surface area contributed by atoms with Gasteiger partial charge in [0.1, 0.15) is 5.75 Å². The first-order valence-electron chi connectivity index (χ1n) is 10.5. The SMILES string of the molecule is COCC1CN(c2ncccn2)CC2(CCN(C(=O)c3ccccc3OC(F)F)CC2)O1. The number of amides is 1. The van der Waals surface area contributed by atoms with Crippen molar-refractivity contribution in [3.63, 3.8) is 0 Å². The number of morpholine rings is 1. The molecule has 4 rings (SSSR count). The van der Waals surface area contributed by atoms with Crippen molar-refractivity contribution in [3.8, 4) is 5.75 Å². The number of hydrogen-bond acceptors (Lipinski definition) is 7. The van der Waals surface area contributed by atoms with Gasteiger partial charge in [-0.15, -0.1) is 0 Å². The minimum atomic E-state index is -2.99. The molecule has 1 aromatic carbocycles. The third-order valence-electron chi connectivity index (χ3n) is 5.80. The molecular weight excluding hydrogens is 422 g/mol. The summed E-state index contributed by atoms with van der Waals surface area (Å²) in [4.78, 5) is 25.5. The topological polar surface area (TPSA) is 77.0 Å². The second-order valence-corrected chi connectivity index (χ2v) is 7.97. The lowest BCUT2D eigenvalue weighted by Crippen LogP contribution is -2.61. The Kier molecular flexibility index (Phi) is 6.80. The van der Waals surface area contributed by atoms with E-state index >= 15 is 0 Å². The number of hydrogen-bond donors (Lipinski definition) is 0. The summed E-state index contributed by atoms with van der Waals surface area (Å²) in [6.07, 6.45) is 4.45. The molecule has 0 radical (unpaired) electrons. The molecule has 1 unspecified atom stereocenters. The van der Waals surface area contributed by atoms with Crippen molar-refractivity contribution >= 4 is 11.9 Å². The van der Waals surface area contributed by atoms with Crippen molar-refractivity contribution in [3.05, 3.63) is 48.3 Å². The predicted molar refractivity (Wildman–Crippen MR) is 112 cm³/mol. The smallest absolute Gasteiger partial charge is 0.387 e. The summed E-state index contributed by atoms with van der Waals surface area (Å²) in [5, 5.41) is 0. The van der Waals surface area contributed by atoms with Crippen LogP contribution in [0.2, 0.25) is 0 Å². The number of nitrogens with zero attached hydrogens (tertiary/aromatic N) is 4. The number of carbonyl (C=O) groups is 1. The third kappa shape index (κ3) is 4.97. The molecule has 1 amide bonds. The number of rotatable bonds is 6. The van der Waals surface area contributed by atoms with E-state index in [-0.39, 0.29) is 23.3 Å². The van der Waals surface area contributed by atoms with Gasteiger partial charge in [0.25, 0.3) is 5.91 Å². The molecule has 3 heterocycles. The number of aromatic nitrogens is 2. The standard InChI is InChI=1S/C22H26F2N4O4/c1-30-14-16-13-28(21-25-9-4-10-26-21)15-22(32-16)7-11-27(12-8-22)19(29)17-5-2-3-6-18(17)31-20(23)24/h2-6,9-10,16,20H,7-8,11-15H2,1H3. The van der Waals surface area contributed by atoms with Gasteiger partial charge < -0.3 is 24.0 Å². The van der Waals surface area contributed by atoms with Crippen LogP contribution in [0.1, 0.15) is 23.2 Å². The van der Waals surface area contributed by atoms with E-state index in [0.717, 1.165) is 0 Å². The van der Waals surface area contributed by atoms with Gasteiger partial charge >= 0.3 is 6.61 Å². The highest BCUT2D eigenvalue weighted by atomic mass is 19.3. The van der Waals surface area contributed by atoms with Crippen molar-refractivity contribution < 1.29 is 27.8 Å². The average molecular weight is 448 g/mol. The summed E-state index contributed by atoms with van der Waals surface area (Å²) < 4.78 is 41.8. The van der Waals surface area contributed by atoms with Crippen molar-refractivity contribution in [2.75, 3.05) is 44.8 Å². The molecule has 2 saturated heterocycles. The summed E-state index contributed by atoms with van der Waals surface area (Å²) in [6, 6.07) is 7.85. The minimum absolute atomic E-state index is 0.116. The first-order valence-corrected chi connectivity index (χ1v) is 10.5. The number of anilines is 1. The Balaban J connectivity index is 1.47. The molecule has 2 aliphatic rings. The van der Waals surface area contributed by atoms with E-state index < -0.39 is 12.2 Å². The van der Waals surface area contributed by atoms with E-state index in [1.807, 2.05) is 0 Å². The van der Waals surface area contributed by atoms with Crippen LogP contribution >= 0.6 is 0 Å². The Morgan fingerprint density at radius 1 is 1.22 bits per heavy atom. The summed E-state index contributed by atoms with van der Waals surface area (Å²) in [5.74, 6) is 0.186. The first-order chi connectivity index (χ1) is 15.5. The quantitative estimate of drug-likeness (QED) is 0.672. The van der Waals surface area contributed by atoms with Crippen LogP contribution in [0.5, 0.6) is 5.75 Å². The zero-order valence-electron chi connectivity index (χ0n) is 17.8. The fraction of sp³-hybridized carbons (Fsp3) is 0.500. The van der Waals surface area contributed by atoms with Crippen molar-refractivity contribution in [1.82, 2.24) is 14.9 Å². The first kappa shape index (κ1) is 22.3. The molecular formula is C22H26F2N4O4. The van der Waals surface area contributed by atoms with Gasteiger partial charge in [-0.3, -0.25) is 4.79 Å². The number of ether oxygens (including phenoxy) is 3. The Hall–Kier alpha value is -2.85. The van der Waals surface area contributed by atoms with Crippen LogP contribution in [0, 0.1) is 0 Å². The van der Waals surface area contributed by atoms with Crippen molar-refractivity contribution in [2.24, 2.45) is 0 Å². The molecule has 0 saturated carbocycles. The maximum absolute atomic E-state index is 13.0. The Bertz CT molecular complexity index is 910. The molecule has 1 atom stereocenters. The summed E-state index contributed by atoms with van der Waals surface area (Å²) in [6.45, 7) is -0.472. The zero-order valence-corrected chi connectivity index (χ0v) is 17.8. The lowest BCUT2D eigenvalue weighted by atomic mass is 9.88. The number of carbonyl (C=O) groups excluding carboxylic acids is 1. The van der Waals surface area contributed by atoms with E-state index in [1.54, 1.807) is 42.6 Å². The maximum atomic E-state index is 13.0. The molecule has 32 heavy (non-hydrogen) atoms. The number of benzene rings is 1. The monoisotopic (exact) mass is 448 g/mol. The molecule has 1 spiro atoms. The number of alkyl halides is 2. The number of likely N-dealkylation sites (tertiary alicyclic amines) is 1. The number of para-hydroxylation sites is 1. The van der Waals surface area contributed by atoms with Gasteiger partial charge in [-0.1, -0.05) is 12.1 Å². The van der Waals surface area contributed by atoms with Gasteiger partial charge in [0.2, 0.25) is 5.95 Å². The van der Waals surface area contributed by atoms with E-state index in [4.69, 9.17) is 9.47 Å². The fourth-order valence-electron chi connectivity index (χ4n) is 4.37. The zero-order chi connectivity index (χ0) is 22.6. The lowest BCUT2D eigenvalue weighted by molar-refractivity contribution is -0.145. The van der Waals surface area contributed by atoms with Gasteiger partial charge in [0.15, 0.2) is 0 Å². The summed E-state index contributed by atoms with van der Waals surface area (Å²) in [7, 11) is 1.63. The highest BCUT2D eigenvalue weighted by molar-refractivity contribution is 5.97. The van der Waals surface area contributed by atoms with Gasteiger partial charge in [0, 0.05) is 39.1 Å². The summed E-state index contributed by atoms with van der Waals surface area (Å²) >= 11 is 0. The Morgan fingerprint density at radius 2 is 1.94 bits per heavy atom. The van der Waals surface area contributed by atoms with Crippen LogP contribution in [-0.4, -0.2) is 79.0 Å². The van der Waals surface area contributed by atoms with Crippen LogP contribution < -0.4 is 9.64 Å². The molecule has 10 heteroatoms. The molecule has 0 bridgehead atoms. The molecule has 0 N–H and O–H groups in total. The highest BCUT2D eigenvalue weighted by Gasteiger charge is 2.44. The Labute approximate surface area is 185 Å².